The van der Waals surface area contributed by atoms with Gasteiger partial charge < -0.3 is 15.1 Å². The first-order valence-electron chi connectivity index (χ1n) is 11.6. The summed E-state index contributed by atoms with van der Waals surface area (Å²) >= 11 is 0. The van der Waals surface area contributed by atoms with Crippen LogP contribution in [0.2, 0.25) is 0 Å². The first-order valence-corrected chi connectivity index (χ1v) is 11.6. The number of aryl methyl sites for hydroxylation is 2. The van der Waals surface area contributed by atoms with Crippen LogP contribution >= 0.6 is 0 Å². The molecule has 2 N–H and O–H groups in total. The van der Waals surface area contributed by atoms with Gasteiger partial charge in [-0.3, -0.25) is 14.6 Å². The van der Waals surface area contributed by atoms with Crippen molar-refractivity contribution in [3.63, 3.8) is 0 Å². The summed E-state index contributed by atoms with van der Waals surface area (Å²) < 4.78 is 5.85. The molecular formula is C26H30N4O3. The van der Waals surface area contributed by atoms with E-state index in [0.29, 0.717) is 49.1 Å². The predicted octanol–water partition coefficient (Wildman–Crippen LogP) is 4.81. The quantitative estimate of drug-likeness (QED) is 0.491. The zero-order valence-corrected chi connectivity index (χ0v) is 19.0. The minimum absolute atomic E-state index is 0.0646. The zero-order valence-electron chi connectivity index (χ0n) is 19.0. The molecule has 0 bridgehead atoms. The Morgan fingerprint density at radius 1 is 1.12 bits per heavy atom. The van der Waals surface area contributed by atoms with Gasteiger partial charge in [-0.1, -0.05) is 25.0 Å². The van der Waals surface area contributed by atoms with Gasteiger partial charge in [0.25, 0.3) is 0 Å². The summed E-state index contributed by atoms with van der Waals surface area (Å²) in [5.41, 5.74) is 3.20. The third-order valence-corrected chi connectivity index (χ3v) is 6.05. The van der Waals surface area contributed by atoms with E-state index in [-0.39, 0.29) is 11.8 Å². The molecule has 2 amide bonds. The number of carbonyl (C=O) groups is 2. The second-order valence-corrected chi connectivity index (χ2v) is 8.64. The Balaban J connectivity index is 1.32. The molecule has 0 atom stereocenters. The van der Waals surface area contributed by atoms with Crippen molar-refractivity contribution in [3.8, 4) is 11.5 Å². The Labute approximate surface area is 194 Å². The highest BCUT2D eigenvalue weighted by molar-refractivity contribution is 5.91. The molecule has 4 rings (SSSR count). The molecule has 172 valence electrons. The number of anilines is 1. The van der Waals surface area contributed by atoms with Crippen LogP contribution in [0.1, 0.15) is 55.5 Å². The number of nitrogens with zero attached hydrogens (tertiary/aromatic N) is 2. The summed E-state index contributed by atoms with van der Waals surface area (Å²) in [4.78, 5) is 33.2. The summed E-state index contributed by atoms with van der Waals surface area (Å²) in [5, 5.41) is 5.91. The lowest BCUT2D eigenvalue weighted by Crippen LogP contribution is -2.25. The molecule has 1 aromatic carbocycles. The van der Waals surface area contributed by atoms with Crippen molar-refractivity contribution in [2.24, 2.45) is 5.92 Å². The van der Waals surface area contributed by atoms with Crippen molar-refractivity contribution in [2.45, 2.75) is 58.4 Å². The van der Waals surface area contributed by atoms with Crippen LogP contribution in [-0.2, 0) is 22.6 Å². The van der Waals surface area contributed by atoms with Crippen LogP contribution in [0, 0.1) is 12.8 Å². The number of aromatic nitrogens is 2. The van der Waals surface area contributed by atoms with E-state index < -0.39 is 0 Å². The Morgan fingerprint density at radius 2 is 1.97 bits per heavy atom. The molecule has 0 saturated heterocycles. The number of pyridine rings is 1. The van der Waals surface area contributed by atoms with Crippen LogP contribution in [-0.4, -0.2) is 21.8 Å². The van der Waals surface area contributed by atoms with Gasteiger partial charge in [0.1, 0.15) is 11.5 Å². The lowest BCUT2D eigenvalue weighted by molar-refractivity contribution is -0.122. The van der Waals surface area contributed by atoms with Crippen molar-refractivity contribution in [1.82, 2.24) is 15.3 Å². The number of nitrogens with one attached hydrogen (secondary N) is 2. The third kappa shape index (κ3) is 6.51. The molecule has 33 heavy (non-hydrogen) atoms. The Kier molecular flexibility index (Phi) is 7.50. The van der Waals surface area contributed by atoms with Crippen molar-refractivity contribution in [3.05, 3.63) is 65.8 Å². The van der Waals surface area contributed by atoms with Gasteiger partial charge in [0.05, 0.1) is 6.54 Å². The molecular weight excluding hydrogens is 416 g/mol. The van der Waals surface area contributed by atoms with E-state index in [1.807, 2.05) is 43.3 Å². The molecule has 1 saturated carbocycles. The number of rotatable bonds is 9. The molecule has 2 heterocycles. The molecule has 1 aliphatic rings. The number of hydrogen-bond acceptors (Lipinski definition) is 5. The Morgan fingerprint density at radius 3 is 2.76 bits per heavy atom. The maximum Gasteiger partial charge on any atom is 0.226 e. The van der Waals surface area contributed by atoms with E-state index in [4.69, 9.17) is 4.42 Å². The van der Waals surface area contributed by atoms with Gasteiger partial charge >= 0.3 is 0 Å². The van der Waals surface area contributed by atoms with Gasteiger partial charge in [-0.05, 0) is 61.9 Å². The highest BCUT2D eigenvalue weighted by atomic mass is 16.4. The molecule has 1 fully saturated rings. The van der Waals surface area contributed by atoms with Crippen LogP contribution in [0.15, 0.2) is 53.2 Å². The standard InChI is InChI=1S/C26H30N4O3/c1-18-23(17-28-25(32)14-19-6-2-3-7-19)30-26(33-18)21-9-4-10-22(15-21)29-24(31)12-11-20-8-5-13-27-16-20/h4-5,8-10,13,15-16,19H,2-3,6-7,11-12,14,17H2,1H3,(H,28,32)(H,29,31). The number of amides is 2. The summed E-state index contributed by atoms with van der Waals surface area (Å²) in [6.07, 6.45) is 9.84. The number of oxazole rings is 1. The predicted molar refractivity (Wildman–Crippen MR) is 126 cm³/mol. The maximum atomic E-state index is 12.4. The van der Waals surface area contributed by atoms with Crippen LogP contribution in [0.25, 0.3) is 11.5 Å². The highest BCUT2D eigenvalue weighted by Gasteiger charge is 2.19. The molecule has 7 heteroatoms. The fourth-order valence-corrected chi connectivity index (χ4v) is 4.20. The van der Waals surface area contributed by atoms with E-state index in [9.17, 15) is 9.59 Å². The number of benzene rings is 1. The molecule has 1 aliphatic carbocycles. The van der Waals surface area contributed by atoms with Crippen molar-refractivity contribution in [1.29, 1.82) is 0 Å². The van der Waals surface area contributed by atoms with Gasteiger partial charge in [0.2, 0.25) is 17.7 Å². The summed E-state index contributed by atoms with van der Waals surface area (Å²) in [7, 11) is 0. The fourth-order valence-electron chi connectivity index (χ4n) is 4.20. The molecule has 7 nitrogen and oxygen atoms in total. The average molecular weight is 447 g/mol. The maximum absolute atomic E-state index is 12.4. The minimum atomic E-state index is -0.0646. The van der Waals surface area contributed by atoms with E-state index in [1.54, 1.807) is 12.4 Å². The van der Waals surface area contributed by atoms with E-state index in [1.165, 1.54) is 12.8 Å². The van der Waals surface area contributed by atoms with E-state index in [0.717, 1.165) is 29.7 Å². The monoisotopic (exact) mass is 446 g/mol. The second kappa shape index (κ2) is 10.9. The molecule has 0 aliphatic heterocycles. The summed E-state index contributed by atoms with van der Waals surface area (Å²) in [6.45, 7) is 2.20. The topological polar surface area (TPSA) is 97.1 Å². The Bertz CT molecular complexity index is 1090. The van der Waals surface area contributed by atoms with Crippen molar-refractivity contribution < 1.29 is 14.0 Å². The molecule has 0 radical (unpaired) electrons. The fraction of sp³-hybridized carbons (Fsp3) is 0.385. The SMILES string of the molecule is Cc1oc(-c2cccc(NC(=O)CCc3cccnc3)c2)nc1CNC(=O)CC1CCCC1. The lowest BCUT2D eigenvalue weighted by atomic mass is 10.0. The highest BCUT2D eigenvalue weighted by Crippen LogP contribution is 2.28. The Hall–Kier alpha value is -3.48. The molecule has 2 aromatic heterocycles. The number of carbonyl (C=O) groups excluding carboxylic acids is 2. The minimum Gasteiger partial charge on any atom is -0.441 e. The van der Waals surface area contributed by atoms with E-state index >= 15 is 0 Å². The first-order chi connectivity index (χ1) is 16.1. The normalized spacial score (nSPS) is 13.7. The van der Waals surface area contributed by atoms with Gasteiger partial charge in [-0.25, -0.2) is 4.98 Å². The van der Waals surface area contributed by atoms with Gasteiger partial charge in [0.15, 0.2) is 0 Å². The first kappa shape index (κ1) is 22.7. The smallest absolute Gasteiger partial charge is 0.226 e. The lowest BCUT2D eigenvalue weighted by Gasteiger charge is -2.08. The van der Waals surface area contributed by atoms with E-state index in [2.05, 4.69) is 20.6 Å². The molecule has 3 aromatic rings. The van der Waals surface area contributed by atoms with Crippen LogP contribution in [0.3, 0.4) is 0 Å². The average Bonchev–Trinajstić information content (AvgIpc) is 3.47. The van der Waals surface area contributed by atoms with Gasteiger partial charge in [-0.2, -0.15) is 0 Å². The largest absolute Gasteiger partial charge is 0.441 e. The van der Waals surface area contributed by atoms with Crippen molar-refractivity contribution >= 4 is 17.5 Å². The summed E-state index contributed by atoms with van der Waals surface area (Å²) in [5.74, 6) is 1.67. The van der Waals surface area contributed by atoms with Crippen LogP contribution in [0.5, 0.6) is 0 Å². The second-order valence-electron chi connectivity index (χ2n) is 8.64. The van der Waals surface area contributed by atoms with Gasteiger partial charge in [-0.15, -0.1) is 0 Å². The number of hydrogen-bond donors (Lipinski definition) is 2. The van der Waals surface area contributed by atoms with Crippen LogP contribution < -0.4 is 10.6 Å². The molecule has 0 unspecified atom stereocenters. The third-order valence-electron chi connectivity index (χ3n) is 6.05. The van der Waals surface area contributed by atoms with Crippen molar-refractivity contribution in [2.75, 3.05) is 5.32 Å². The summed E-state index contributed by atoms with van der Waals surface area (Å²) in [6, 6.07) is 11.2. The van der Waals surface area contributed by atoms with Crippen LogP contribution in [0.4, 0.5) is 5.69 Å². The zero-order chi connectivity index (χ0) is 23.0. The van der Waals surface area contributed by atoms with Gasteiger partial charge in [0, 0.05) is 36.5 Å². The molecule has 0 spiro atoms.